The first-order valence-electron chi connectivity index (χ1n) is 5.46. The fourth-order valence-corrected chi connectivity index (χ4v) is 2.24. The molecule has 0 radical (unpaired) electrons. The van der Waals surface area contributed by atoms with Crippen LogP contribution < -0.4 is 10.1 Å². The van der Waals surface area contributed by atoms with E-state index in [9.17, 15) is 4.79 Å². The molecule has 5 nitrogen and oxygen atoms in total. The predicted molar refractivity (Wildman–Crippen MR) is 70.1 cm³/mol. The fraction of sp³-hybridized carbons (Fsp3) is 0.417. The number of ether oxygens (including phenoxy) is 2. The van der Waals surface area contributed by atoms with E-state index in [1.165, 1.54) is 0 Å². The number of rotatable bonds is 5. The Hall–Kier alpha value is -1.27. The number of benzene rings is 1. The van der Waals surface area contributed by atoms with Gasteiger partial charge < -0.3 is 19.9 Å². The van der Waals surface area contributed by atoms with E-state index in [1.54, 1.807) is 7.11 Å². The number of hydrogen-bond donors (Lipinski definition) is 2. The maximum atomic E-state index is 11.1. The Morgan fingerprint density at radius 2 is 2.33 bits per heavy atom. The molecule has 0 spiro atoms. The number of methoxy groups -OCH3 is 1. The lowest BCUT2D eigenvalue weighted by molar-refractivity contribution is -0.176. The van der Waals surface area contributed by atoms with Crippen molar-refractivity contribution in [1.82, 2.24) is 0 Å². The molecule has 0 atom stereocenters. The lowest BCUT2D eigenvalue weighted by Crippen LogP contribution is -2.53. The molecule has 1 aliphatic rings. The minimum Gasteiger partial charge on any atom is -0.496 e. The smallest absolute Gasteiger partial charge is 0.316 e. The highest BCUT2D eigenvalue weighted by atomic mass is 79.9. The van der Waals surface area contributed by atoms with Gasteiger partial charge in [0.15, 0.2) is 0 Å². The quantitative estimate of drug-likeness (QED) is 0.869. The van der Waals surface area contributed by atoms with Crippen LogP contribution >= 0.6 is 15.9 Å². The zero-order chi connectivity index (χ0) is 13.2. The minimum absolute atomic E-state index is 0.257. The zero-order valence-electron chi connectivity index (χ0n) is 9.90. The Labute approximate surface area is 113 Å². The lowest BCUT2D eigenvalue weighted by atomic mass is 9.86. The standard InChI is InChI=1S/C12H14BrNO4/c1-17-10-3-2-8(4-9(10)13)14-5-12(11(15)16)6-18-7-12/h2-4,14H,5-7H2,1H3,(H,15,16). The molecule has 1 heterocycles. The van der Waals surface area contributed by atoms with Gasteiger partial charge in [-0.2, -0.15) is 0 Å². The normalized spacial score (nSPS) is 16.8. The number of halogens is 1. The summed E-state index contributed by atoms with van der Waals surface area (Å²) < 4.78 is 10.9. The molecule has 1 saturated heterocycles. The molecular weight excluding hydrogens is 302 g/mol. The van der Waals surface area contributed by atoms with E-state index in [0.717, 1.165) is 15.9 Å². The highest BCUT2D eigenvalue weighted by molar-refractivity contribution is 9.10. The number of carboxylic acid groups (broad SMARTS) is 1. The van der Waals surface area contributed by atoms with Crippen LogP contribution in [0.5, 0.6) is 5.75 Å². The Kier molecular flexibility index (Phi) is 3.77. The predicted octanol–water partition coefficient (Wildman–Crippen LogP) is 1.97. The Bertz CT molecular complexity index is 459. The molecule has 1 aromatic carbocycles. The van der Waals surface area contributed by atoms with Crippen LogP contribution in [-0.2, 0) is 9.53 Å². The van der Waals surface area contributed by atoms with E-state index >= 15 is 0 Å². The molecule has 1 aromatic rings. The number of carboxylic acids is 1. The summed E-state index contributed by atoms with van der Waals surface area (Å²) in [4.78, 5) is 11.1. The second-order valence-electron chi connectivity index (χ2n) is 4.28. The highest BCUT2D eigenvalue weighted by Crippen LogP contribution is 2.31. The minimum atomic E-state index is -0.825. The molecule has 1 aliphatic heterocycles. The average Bonchev–Trinajstić information content (AvgIpc) is 2.27. The average molecular weight is 316 g/mol. The van der Waals surface area contributed by atoms with Gasteiger partial charge in [-0.25, -0.2) is 0 Å². The molecule has 98 valence electrons. The molecule has 18 heavy (non-hydrogen) atoms. The Morgan fingerprint density at radius 1 is 1.61 bits per heavy atom. The highest BCUT2D eigenvalue weighted by Gasteiger charge is 2.46. The van der Waals surface area contributed by atoms with Crippen LogP contribution in [0.15, 0.2) is 22.7 Å². The largest absolute Gasteiger partial charge is 0.496 e. The molecular formula is C12H14BrNO4. The molecule has 0 saturated carbocycles. The van der Waals surface area contributed by atoms with Gasteiger partial charge in [0, 0.05) is 12.2 Å². The molecule has 2 rings (SSSR count). The van der Waals surface area contributed by atoms with Crippen molar-refractivity contribution in [3.8, 4) is 5.75 Å². The van der Waals surface area contributed by atoms with Crippen molar-refractivity contribution in [2.24, 2.45) is 5.41 Å². The fourth-order valence-electron chi connectivity index (χ4n) is 1.70. The molecule has 1 fully saturated rings. The van der Waals surface area contributed by atoms with Gasteiger partial charge in [0.05, 0.1) is 24.8 Å². The number of anilines is 1. The topological polar surface area (TPSA) is 67.8 Å². The van der Waals surface area contributed by atoms with E-state index in [0.29, 0.717) is 6.54 Å². The lowest BCUT2D eigenvalue weighted by Gasteiger charge is -2.37. The third kappa shape index (κ3) is 2.44. The van der Waals surface area contributed by atoms with Gasteiger partial charge in [-0.1, -0.05) is 0 Å². The van der Waals surface area contributed by atoms with Crippen LogP contribution in [-0.4, -0.2) is 37.9 Å². The van der Waals surface area contributed by atoms with Gasteiger partial charge in [0.2, 0.25) is 0 Å². The van der Waals surface area contributed by atoms with Crippen LogP contribution in [0.3, 0.4) is 0 Å². The number of hydrogen-bond acceptors (Lipinski definition) is 4. The SMILES string of the molecule is COc1ccc(NCC2(C(=O)O)COC2)cc1Br. The van der Waals surface area contributed by atoms with Crippen molar-refractivity contribution >= 4 is 27.6 Å². The van der Waals surface area contributed by atoms with Gasteiger partial charge in [-0.3, -0.25) is 4.79 Å². The third-order valence-corrected chi connectivity index (χ3v) is 3.61. The molecule has 0 unspecified atom stereocenters. The van der Waals surface area contributed by atoms with Gasteiger partial charge >= 0.3 is 5.97 Å². The van der Waals surface area contributed by atoms with Gasteiger partial charge in [0.25, 0.3) is 0 Å². The van der Waals surface area contributed by atoms with E-state index in [1.807, 2.05) is 18.2 Å². The third-order valence-electron chi connectivity index (χ3n) is 2.99. The van der Waals surface area contributed by atoms with Crippen molar-refractivity contribution in [2.45, 2.75) is 0 Å². The maximum absolute atomic E-state index is 11.1. The van der Waals surface area contributed by atoms with Crippen LogP contribution in [0, 0.1) is 5.41 Å². The second kappa shape index (κ2) is 5.16. The summed E-state index contributed by atoms with van der Waals surface area (Å²) in [7, 11) is 1.60. The number of carbonyl (C=O) groups is 1. The summed E-state index contributed by atoms with van der Waals surface area (Å²) in [6.07, 6.45) is 0. The first-order chi connectivity index (χ1) is 8.57. The van der Waals surface area contributed by atoms with Gasteiger partial charge in [-0.05, 0) is 34.1 Å². The van der Waals surface area contributed by atoms with Crippen LogP contribution in [0.2, 0.25) is 0 Å². The summed E-state index contributed by atoms with van der Waals surface area (Å²) in [5.41, 5.74) is 0.0436. The molecule has 2 N–H and O–H groups in total. The first-order valence-corrected chi connectivity index (χ1v) is 6.25. The zero-order valence-corrected chi connectivity index (χ0v) is 11.5. The number of nitrogens with one attached hydrogen (secondary N) is 1. The molecule has 0 amide bonds. The van der Waals surface area contributed by atoms with Crippen molar-refractivity contribution < 1.29 is 19.4 Å². The van der Waals surface area contributed by atoms with E-state index in [-0.39, 0.29) is 13.2 Å². The van der Waals surface area contributed by atoms with Crippen LogP contribution in [0.4, 0.5) is 5.69 Å². The van der Waals surface area contributed by atoms with Gasteiger partial charge in [-0.15, -0.1) is 0 Å². The van der Waals surface area contributed by atoms with Crippen LogP contribution in [0.25, 0.3) is 0 Å². The molecule has 0 bridgehead atoms. The van der Waals surface area contributed by atoms with Gasteiger partial charge in [0.1, 0.15) is 11.2 Å². The van der Waals surface area contributed by atoms with E-state index in [4.69, 9.17) is 14.6 Å². The van der Waals surface area contributed by atoms with E-state index in [2.05, 4.69) is 21.2 Å². The van der Waals surface area contributed by atoms with Crippen LogP contribution in [0.1, 0.15) is 0 Å². The maximum Gasteiger partial charge on any atom is 0.316 e. The summed E-state index contributed by atoms with van der Waals surface area (Å²) in [5, 5.41) is 12.3. The Morgan fingerprint density at radius 3 is 2.78 bits per heavy atom. The molecule has 0 aliphatic carbocycles. The van der Waals surface area contributed by atoms with Crippen molar-refractivity contribution in [1.29, 1.82) is 0 Å². The van der Waals surface area contributed by atoms with Crippen molar-refractivity contribution in [2.75, 3.05) is 32.2 Å². The summed E-state index contributed by atoms with van der Waals surface area (Å²) in [6, 6.07) is 5.52. The van der Waals surface area contributed by atoms with E-state index < -0.39 is 11.4 Å². The Balaban J connectivity index is 2.02. The van der Waals surface area contributed by atoms with Crippen molar-refractivity contribution in [3.05, 3.63) is 22.7 Å². The molecule has 6 heteroatoms. The summed E-state index contributed by atoms with van der Waals surface area (Å²) >= 11 is 3.38. The molecule has 0 aromatic heterocycles. The number of aliphatic carboxylic acids is 1. The monoisotopic (exact) mass is 315 g/mol. The summed E-state index contributed by atoms with van der Waals surface area (Å²) in [5.74, 6) is -0.0886. The first kappa shape index (κ1) is 13.2. The second-order valence-corrected chi connectivity index (χ2v) is 5.14. The summed E-state index contributed by atoms with van der Waals surface area (Å²) in [6.45, 7) is 0.862. The van der Waals surface area contributed by atoms with Crippen molar-refractivity contribution in [3.63, 3.8) is 0 Å².